The molecule has 11 nitrogen and oxygen atoms in total. The number of nitrogens with two attached hydrogens (primary N) is 2. The van der Waals surface area contributed by atoms with Gasteiger partial charge in [0.25, 0.3) is 0 Å². The van der Waals surface area contributed by atoms with Crippen molar-refractivity contribution >= 4 is 30.6 Å². The fraction of sp³-hybridized carbons (Fsp3) is 0.333. The van der Waals surface area contributed by atoms with E-state index >= 15 is 0 Å². The predicted molar refractivity (Wildman–Crippen MR) is 136 cm³/mol. The Kier molecular flexibility index (Phi) is 14.1. The number of nitrogens with zero attached hydrogens (tertiary/aromatic N) is 4. The SMILES string of the molecule is CN/C(C=NCc1cccc(C)c1)=C/N.Nc1nccnc1C=O.O=CNCC1CCC(=O)N(F)C1. The van der Waals surface area contributed by atoms with Crippen LogP contribution in [0.2, 0.25) is 0 Å². The molecule has 2 amide bonds. The maximum absolute atomic E-state index is 12.6. The van der Waals surface area contributed by atoms with Gasteiger partial charge in [-0.1, -0.05) is 34.3 Å². The number of allylic oxidation sites excluding steroid dienone is 1. The van der Waals surface area contributed by atoms with E-state index in [0.29, 0.717) is 32.2 Å². The number of carbonyl (C=O) groups is 3. The van der Waals surface area contributed by atoms with Crippen LogP contribution in [0.3, 0.4) is 0 Å². The standard InChI is InChI=1S/C12H17N3.C7H11FN2O2.C5H5N3O/c1-10-4-3-5-11(6-10)8-15-9-12(7-13)14-2;8-10-4-6(3-9-5-11)1-2-7(10)12;6-5-4(3-9)7-1-2-8-5/h3-7,9,14H,8,13H2,1-2H3;5-6H,1-4H2,(H,9,11);1-3H,(H2,6,8)/b12-7+,15-9?;;. The van der Waals surface area contributed by atoms with Crippen LogP contribution in [0.15, 0.2) is 53.5 Å². The van der Waals surface area contributed by atoms with Crippen LogP contribution in [0.25, 0.3) is 0 Å². The van der Waals surface area contributed by atoms with Crippen LogP contribution in [0.4, 0.5) is 10.3 Å². The summed E-state index contributed by atoms with van der Waals surface area (Å²) in [5.41, 5.74) is 14.1. The maximum Gasteiger partial charge on any atom is 0.250 e. The molecule has 1 aliphatic rings. The molecule has 1 unspecified atom stereocenters. The van der Waals surface area contributed by atoms with E-state index in [1.807, 2.05) is 13.1 Å². The summed E-state index contributed by atoms with van der Waals surface area (Å²) < 4.78 is 12.6. The number of rotatable bonds is 8. The van der Waals surface area contributed by atoms with Gasteiger partial charge in [-0.3, -0.25) is 19.4 Å². The molecule has 0 saturated carbocycles. The van der Waals surface area contributed by atoms with Gasteiger partial charge >= 0.3 is 0 Å². The van der Waals surface area contributed by atoms with Gasteiger partial charge in [0, 0.05) is 44.8 Å². The molecule has 1 aromatic heterocycles. The second-order valence-corrected chi connectivity index (χ2v) is 7.64. The Hall–Kier alpha value is -4.35. The second kappa shape index (κ2) is 17.1. The molecular formula is C24H33FN8O3. The number of nitrogen functional groups attached to an aromatic ring is 1. The highest BCUT2D eigenvalue weighted by molar-refractivity contribution is 5.78. The molecule has 36 heavy (non-hydrogen) atoms. The topological polar surface area (TPSA) is 169 Å². The van der Waals surface area contributed by atoms with Crippen molar-refractivity contribution in [1.29, 1.82) is 0 Å². The van der Waals surface area contributed by atoms with Gasteiger partial charge in [-0.05, 0) is 24.8 Å². The van der Waals surface area contributed by atoms with Crippen LogP contribution in [-0.4, -0.2) is 60.0 Å². The van der Waals surface area contributed by atoms with E-state index in [9.17, 15) is 18.9 Å². The van der Waals surface area contributed by atoms with Crippen LogP contribution in [-0.2, 0) is 16.1 Å². The number of aryl methyl sites for hydroxylation is 1. The molecule has 1 saturated heterocycles. The van der Waals surface area contributed by atoms with E-state index in [1.165, 1.54) is 29.7 Å². The molecule has 2 aromatic rings. The largest absolute Gasteiger partial charge is 0.403 e. The third-order valence-corrected chi connectivity index (χ3v) is 4.87. The van der Waals surface area contributed by atoms with E-state index in [-0.39, 0.29) is 35.5 Å². The highest BCUT2D eigenvalue weighted by atomic mass is 19.2. The summed E-state index contributed by atoms with van der Waals surface area (Å²) in [6, 6.07) is 8.31. The van der Waals surface area contributed by atoms with Crippen molar-refractivity contribution < 1.29 is 18.9 Å². The number of amides is 2. The summed E-state index contributed by atoms with van der Waals surface area (Å²) in [6.07, 6.45) is 8.13. The first-order valence-corrected chi connectivity index (χ1v) is 11.1. The smallest absolute Gasteiger partial charge is 0.250 e. The van der Waals surface area contributed by atoms with Gasteiger partial charge in [0.05, 0.1) is 18.8 Å². The van der Waals surface area contributed by atoms with E-state index in [4.69, 9.17) is 11.5 Å². The Morgan fingerprint density at radius 1 is 1.31 bits per heavy atom. The summed E-state index contributed by atoms with van der Waals surface area (Å²) >= 11 is 0. The van der Waals surface area contributed by atoms with Gasteiger partial charge in [0.2, 0.25) is 12.3 Å². The number of aldehydes is 1. The molecule has 1 aliphatic heterocycles. The van der Waals surface area contributed by atoms with Gasteiger partial charge in [-0.2, -0.15) is 5.12 Å². The molecule has 1 fully saturated rings. The molecule has 2 heterocycles. The molecule has 12 heteroatoms. The molecule has 0 bridgehead atoms. The highest BCUT2D eigenvalue weighted by Crippen LogP contribution is 2.16. The predicted octanol–water partition coefficient (Wildman–Crippen LogP) is 1.31. The molecule has 6 N–H and O–H groups in total. The Bertz CT molecular complexity index is 1030. The maximum atomic E-state index is 12.6. The van der Waals surface area contributed by atoms with Crippen molar-refractivity contribution in [3.8, 4) is 0 Å². The van der Waals surface area contributed by atoms with Crippen LogP contribution >= 0.6 is 0 Å². The number of nitrogens with one attached hydrogen (secondary N) is 2. The lowest BCUT2D eigenvalue weighted by Crippen LogP contribution is -2.38. The van der Waals surface area contributed by atoms with E-state index < -0.39 is 5.91 Å². The number of aliphatic imine (C=N–C) groups is 1. The van der Waals surface area contributed by atoms with Gasteiger partial charge in [0.15, 0.2) is 12.1 Å². The zero-order valence-electron chi connectivity index (χ0n) is 20.4. The number of anilines is 1. The molecule has 1 atom stereocenters. The van der Waals surface area contributed by atoms with Crippen LogP contribution in [0, 0.1) is 12.8 Å². The lowest BCUT2D eigenvalue weighted by molar-refractivity contribution is -0.152. The normalized spacial score (nSPS) is 15.2. The molecule has 1 aromatic carbocycles. The Balaban J connectivity index is 0.000000279. The van der Waals surface area contributed by atoms with Gasteiger partial charge in [-0.15, -0.1) is 0 Å². The van der Waals surface area contributed by atoms with Crippen LogP contribution in [0.1, 0.15) is 34.5 Å². The number of halogens is 1. The first-order valence-electron chi connectivity index (χ1n) is 11.1. The molecule has 194 valence electrons. The fourth-order valence-corrected chi connectivity index (χ4v) is 2.95. The van der Waals surface area contributed by atoms with Crippen molar-refractivity contribution in [2.75, 3.05) is 25.9 Å². The molecule has 3 rings (SSSR count). The summed E-state index contributed by atoms with van der Waals surface area (Å²) in [7, 11) is 1.82. The first-order chi connectivity index (χ1) is 17.3. The quantitative estimate of drug-likeness (QED) is 0.239. The summed E-state index contributed by atoms with van der Waals surface area (Å²) in [5.74, 6) is -0.234. The average molecular weight is 501 g/mol. The highest BCUT2D eigenvalue weighted by Gasteiger charge is 2.25. The van der Waals surface area contributed by atoms with Crippen molar-refractivity contribution in [2.45, 2.75) is 26.3 Å². The lowest BCUT2D eigenvalue weighted by Gasteiger charge is -2.25. The summed E-state index contributed by atoms with van der Waals surface area (Å²) in [5, 5.41) is 5.63. The Morgan fingerprint density at radius 3 is 2.61 bits per heavy atom. The number of carbonyl (C=O) groups excluding carboxylic acids is 3. The van der Waals surface area contributed by atoms with Crippen LogP contribution in [0.5, 0.6) is 0 Å². The first kappa shape index (κ1) is 29.7. The zero-order chi connectivity index (χ0) is 26.8. The van der Waals surface area contributed by atoms with Gasteiger partial charge in [-0.25, -0.2) is 9.97 Å². The monoisotopic (exact) mass is 500 g/mol. The molecule has 0 aliphatic carbocycles. The number of aromatic nitrogens is 2. The number of piperidine rings is 1. The van der Waals surface area contributed by atoms with Crippen molar-refractivity contribution in [3.05, 3.63) is 65.4 Å². The lowest BCUT2D eigenvalue weighted by atomic mass is 9.99. The van der Waals surface area contributed by atoms with Crippen molar-refractivity contribution in [3.63, 3.8) is 0 Å². The van der Waals surface area contributed by atoms with Gasteiger partial charge < -0.3 is 22.1 Å². The van der Waals surface area contributed by atoms with E-state index in [0.717, 1.165) is 5.70 Å². The minimum atomic E-state index is -0.461. The van der Waals surface area contributed by atoms with Crippen molar-refractivity contribution in [2.24, 2.45) is 16.6 Å². The van der Waals surface area contributed by atoms with E-state index in [1.54, 1.807) is 6.21 Å². The Labute approximate surface area is 209 Å². The van der Waals surface area contributed by atoms with Crippen LogP contribution < -0.4 is 22.1 Å². The number of hydrogen-bond donors (Lipinski definition) is 4. The fourth-order valence-electron chi connectivity index (χ4n) is 2.95. The minimum absolute atomic E-state index is 0.0536. The van der Waals surface area contributed by atoms with Crippen molar-refractivity contribution in [1.82, 2.24) is 25.7 Å². The Morgan fingerprint density at radius 2 is 2.06 bits per heavy atom. The van der Waals surface area contributed by atoms with Gasteiger partial charge in [0.1, 0.15) is 5.69 Å². The summed E-state index contributed by atoms with van der Waals surface area (Å²) in [4.78, 5) is 42.2. The molecule has 0 spiro atoms. The number of hydrogen-bond acceptors (Lipinski definition) is 9. The molecular weight excluding hydrogens is 467 g/mol. The third kappa shape index (κ3) is 11.7. The third-order valence-electron chi connectivity index (χ3n) is 4.87. The second-order valence-electron chi connectivity index (χ2n) is 7.64. The van der Waals surface area contributed by atoms with E-state index in [2.05, 4.69) is 50.7 Å². The average Bonchev–Trinajstić information content (AvgIpc) is 2.88. The number of benzene rings is 1. The zero-order valence-corrected chi connectivity index (χ0v) is 20.4. The molecule has 0 radical (unpaired) electrons. The summed E-state index contributed by atoms with van der Waals surface area (Å²) in [6.45, 7) is 3.30. The minimum Gasteiger partial charge on any atom is -0.403 e.